The molecule has 0 spiro atoms. The molecule has 6 nitrogen and oxygen atoms in total. The molecule has 4 aliphatic rings. The minimum absolute atomic E-state index is 0.0140. The number of rotatable bonds is 2. The Kier molecular flexibility index (Phi) is 5.12. The van der Waals surface area contributed by atoms with Gasteiger partial charge in [-0.3, -0.25) is 0 Å². The highest BCUT2D eigenvalue weighted by atomic mass is 15.5. The van der Waals surface area contributed by atoms with Gasteiger partial charge in [0.05, 0.1) is 17.6 Å². The van der Waals surface area contributed by atoms with Crippen LogP contribution in [0.5, 0.6) is 0 Å². The van der Waals surface area contributed by atoms with Crippen LogP contribution in [0.3, 0.4) is 0 Å². The first-order valence-corrected chi connectivity index (χ1v) is 14.8. The molecule has 208 valence electrons. The Bertz CT molecular complexity index is 1920. The largest absolute Gasteiger partial charge is 0.337 e. The zero-order chi connectivity index (χ0) is 28.7. The second-order valence-corrected chi connectivity index (χ2v) is 11.7. The molecule has 0 saturated carbocycles. The number of fused-ring (bicyclic) bond motifs is 12. The molecular weight excluding hydrogens is 528 g/mol. The maximum atomic E-state index is 4.86. The van der Waals surface area contributed by atoms with E-state index >= 15 is 0 Å². The molecular formula is C37H30N6. The lowest BCUT2D eigenvalue weighted by atomic mass is 9.72. The number of hydrogen-bond donors (Lipinski definition) is 0. The predicted octanol–water partition coefficient (Wildman–Crippen LogP) is 7.48. The summed E-state index contributed by atoms with van der Waals surface area (Å²) in [5.41, 5.74) is 10.6. The Morgan fingerprint density at radius 2 is 1.40 bits per heavy atom. The minimum atomic E-state index is -0.0476. The second-order valence-electron chi connectivity index (χ2n) is 11.7. The normalized spacial score (nSPS) is 23.0. The van der Waals surface area contributed by atoms with E-state index in [1.165, 1.54) is 33.8 Å². The zero-order valence-corrected chi connectivity index (χ0v) is 23.8. The molecule has 9 rings (SSSR count). The lowest BCUT2D eigenvalue weighted by molar-refractivity contribution is 0.323. The quantitative estimate of drug-likeness (QED) is 0.224. The van der Waals surface area contributed by atoms with Crippen LogP contribution in [0.4, 0.5) is 28.6 Å². The number of aromatic nitrogens is 2. The van der Waals surface area contributed by atoms with Crippen LogP contribution < -0.4 is 19.6 Å². The molecule has 4 aromatic carbocycles. The fourth-order valence-electron chi connectivity index (χ4n) is 7.94. The average molecular weight is 559 g/mol. The van der Waals surface area contributed by atoms with Gasteiger partial charge in [-0.05, 0) is 41.0 Å². The summed E-state index contributed by atoms with van der Waals surface area (Å²) >= 11 is 0. The van der Waals surface area contributed by atoms with Gasteiger partial charge in [-0.25, -0.2) is 9.97 Å². The van der Waals surface area contributed by atoms with Gasteiger partial charge in [0.1, 0.15) is 24.3 Å². The van der Waals surface area contributed by atoms with Crippen molar-refractivity contribution in [2.75, 3.05) is 26.6 Å². The summed E-state index contributed by atoms with van der Waals surface area (Å²) in [6, 6.07) is 39.2. The molecule has 0 fully saturated rings. The Morgan fingerprint density at radius 3 is 2.21 bits per heavy atom. The summed E-state index contributed by atoms with van der Waals surface area (Å²) in [7, 11) is 2.18. The molecule has 5 heterocycles. The summed E-state index contributed by atoms with van der Waals surface area (Å²) in [6.07, 6.45) is 5.92. The van der Waals surface area contributed by atoms with E-state index in [0.29, 0.717) is 0 Å². The van der Waals surface area contributed by atoms with Gasteiger partial charge in [0, 0.05) is 42.0 Å². The fourth-order valence-corrected chi connectivity index (χ4v) is 7.94. The van der Waals surface area contributed by atoms with Gasteiger partial charge in [-0.15, -0.1) is 0 Å². The van der Waals surface area contributed by atoms with E-state index in [1.54, 1.807) is 6.33 Å². The molecule has 6 heteroatoms. The first-order chi connectivity index (χ1) is 21.2. The first kappa shape index (κ1) is 24.3. The van der Waals surface area contributed by atoms with Crippen LogP contribution in [0.15, 0.2) is 134 Å². The number of benzene rings is 4. The second kappa shape index (κ2) is 9.07. The van der Waals surface area contributed by atoms with Gasteiger partial charge in [-0.1, -0.05) is 91.5 Å². The SMILES string of the molecule is C=C1c2ccccc2N2C=C(c3ccccc3)N(c3ccccc3)C2C2C1c1ccccc1N1c3cncnc3N(C)C21. The predicted molar refractivity (Wildman–Crippen MR) is 174 cm³/mol. The van der Waals surface area contributed by atoms with E-state index in [4.69, 9.17) is 11.6 Å². The van der Waals surface area contributed by atoms with Crippen LogP contribution in [0, 0.1) is 5.92 Å². The molecule has 0 saturated heterocycles. The molecule has 0 radical (unpaired) electrons. The maximum absolute atomic E-state index is 4.86. The summed E-state index contributed by atoms with van der Waals surface area (Å²) in [4.78, 5) is 19.2. The average Bonchev–Trinajstić information content (AvgIpc) is 3.58. The van der Waals surface area contributed by atoms with Crippen molar-refractivity contribution >= 4 is 39.8 Å². The molecule has 0 amide bonds. The van der Waals surface area contributed by atoms with E-state index in [2.05, 4.69) is 147 Å². The van der Waals surface area contributed by atoms with E-state index in [0.717, 1.165) is 22.8 Å². The van der Waals surface area contributed by atoms with Gasteiger partial charge >= 0.3 is 0 Å². The molecule has 0 N–H and O–H groups in total. The lowest BCUT2D eigenvalue weighted by Crippen LogP contribution is -2.59. The van der Waals surface area contributed by atoms with Gasteiger partial charge in [0.25, 0.3) is 0 Å². The summed E-state index contributed by atoms with van der Waals surface area (Å²) in [5, 5.41) is 0. The van der Waals surface area contributed by atoms with Crippen LogP contribution >= 0.6 is 0 Å². The molecule has 4 atom stereocenters. The standard InChI is InChI=1S/C37H30N6/c1-24-27-17-9-11-19-29(27)41-22-32(25-13-5-3-6-14-25)42(26-15-7-4-8-16-26)37(41)34-33(24)28-18-10-12-20-30(28)43-31-21-38-23-39-35(31)40(2)36(34)43/h3-23,33-34,36-37H,1H2,2H3. The Labute approximate surface area is 251 Å². The van der Waals surface area contributed by atoms with Crippen molar-refractivity contribution < 1.29 is 0 Å². The van der Waals surface area contributed by atoms with E-state index in [1.807, 2.05) is 6.20 Å². The Morgan fingerprint density at radius 1 is 0.698 bits per heavy atom. The molecule has 4 aliphatic heterocycles. The van der Waals surface area contributed by atoms with Crippen molar-refractivity contribution in [1.29, 1.82) is 0 Å². The number of nitrogens with zero attached hydrogens (tertiary/aromatic N) is 6. The van der Waals surface area contributed by atoms with Crippen molar-refractivity contribution in [3.05, 3.63) is 151 Å². The highest BCUT2D eigenvalue weighted by molar-refractivity contribution is 5.94. The van der Waals surface area contributed by atoms with E-state index in [-0.39, 0.29) is 24.2 Å². The number of allylic oxidation sites excluding steroid dienone is 1. The summed E-state index contributed by atoms with van der Waals surface area (Å²) < 4.78 is 0. The van der Waals surface area contributed by atoms with Crippen LogP contribution in [-0.4, -0.2) is 29.3 Å². The fraction of sp³-hybridized carbons (Fsp3) is 0.135. The monoisotopic (exact) mass is 558 g/mol. The zero-order valence-electron chi connectivity index (χ0n) is 23.8. The van der Waals surface area contributed by atoms with Gasteiger partial charge < -0.3 is 19.6 Å². The van der Waals surface area contributed by atoms with Crippen LogP contribution in [0.25, 0.3) is 11.3 Å². The van der Waals surface area contributed by atoms with Crippen molar-refractivity contribution in [3.8, 4) is 0 Å². The molecule has 1 aromatic heterocycles. The number of hydrogen-bond acceptors (Lipinski definition) is 6. The molecule has 43 heavy (non-hydrogen) atoms. The van der Waals surface area contributed by atoms with Crippen molar-refractivity contribution in [1.82, 2.24) is 9.97 Å². The van der Waals surface area contributed by atoms with Crippen molar-refractivity contribution in [2.24, 2.45) is 5.92 Å². The summed E-state index contributed by atoms with van der Waals surface area (Å²) in [6.45, 7) is 4.86. The lowest BCUT2D eigenvalue weighted by Gasteiger charge is -2.51. The molecule has 5 aromatic rings. The van der Waals surface area contributed by atoms with Crippen LogP contribution in [0.1, 0.15) is 22.6 Å². The topological polar surface area (TPSA) is 38.7 Å². The smallest absolute Gasteiger partial charge is 0.157 e. The highest BCUT2D eigenvalue weighted by Gasteiger charge is 2.57. The van der Waals surface area contributed by atoms with Gasteiger partial charge in [0.15, 0.2) is 5.82 Å². The van der Waals surface area contributed by atoms with Crippen molar-refractivity contribution in [2.45, 2.75) is 18.2 Å². The van der Waals surface area contributed by atoms with E-state index in [9.17, 15) is 0 Å². The van der Waals surface area contributed by atoms with Gasteiger partial charge in [-0.2, -0.15) is 0 Å². The maximum Gasteiger partial charge on any atom is 0.157 e. The first-order valence-electron chi connectivity index (χ1n) is 14.8. The van der Waals surface area contributed by atoms with Crippen LogP contribution in [0.2, 0.25) is 0 Å². The number of anilines is 5. The minimum Gasteiger partial charge on any atom is -0.337 e. The highest BCUT2D eigenvalue weighted by Crippen LogP contribution is 2.61. The Balaban J connectivity index is 1.36. The third kappa shape index (κ3) is 3.29. The number of para-hydroxylation sites is 3. The Hall–Kier alpha value is -5.36. The van der Waals surface area contributed by atoms with Gasteiger partial charge in [0.2, 0.25) is 0 Å². The molecule has 4 unspecified atom stereocenters. The third-order valence-corrected chi connectivity index (χ3v) is 9.61. The molecule has 0 aliphatic carbocycles. The third-order valence-electron chi connectivity index (χ3n) is 9.61. The van der Waals surface area contributed by atoms with E-state index < -0.39 is 0 Å². The van der Waals surface area contributed by atoms with Crippen LogP contribution in [-0.2, 0) is 0 Å². The summed E-state index contributed by atoms with van der Waals surface area (Å²) in [5.74, 6) is 1.09. The molecule has 0 bridgehead atoms. The van der Waals surface area contributed by atoms with Crippen molar-refractivity contribution in [3.63, 3.8) is 0 Å².